The van der Waals surface area contributed by atoms with Gasteiger partial charge in [0.2, 0.25) is 0 Å². The SMILES string of the molecule is CCc1cnc(N(Nc2ncncc2Br)C(=O)C2CCNCC2)nc1. The number of nitrogens with one attached hydrogen (secondary N) is 2. The van der Waals surface area contributed by atoms with Crippen molar-refractivity contribution in [1.82, 2.24) is 25.3 Å². The molecule has 1 aliphatic heterocycles. The van der Waals surface area contributed by atoms with E-state index in [0.29, 0.717) is 16.2 Å². The Hall–Kier alpha value is -2.13. The fraction of sp³-hybridized carbons (Fsp3) is 0.438. The highest BCUT2D eigenvalue weighted by molar-refractivity contribution is 9.10. The minimum atomic E-state index is -0.0798. The summed E-state index contributed by atoms with van der Waals surface area (Å²) in [6.07, 6.45) is 8.92. The molecule has 1 aliphatic rings. The van der Waals surface area contributed by atoms with Gasteiger partial charge in [-0.2, -0.15) is 5.01 Å². The number of aryl methyl sites for hydroxylation is 1. The van der Waals surface area contributed by atoms with Crippen molar-refractivity contribution in [2.75, 3.05) is 23.5 Å². The second-order valence-corrected chi connectivity index (χ2v) is 6.63. The first-order valence-electron chi connectivity index (χ1n) is 8.26. The predicted octanol–water partition coefficient (Wildman–Crippen LogP) is 1.95. The molecule has 2 N–H and O–H groups in total. The van der Waals surface area contributed by atoms with E-state index in [4.69, 9.17) is 0 Å². The van der Waals surface area contributed by atoms with Crippen molar-refractivity contribution in [2.24, 2.45) is 5.92 Å². The zero-order valence-corrected chi connectivity index (χ0v) is 15.5. The van der Waals surface area contributed by atoms with Gasteiger partial charge in [0.05, 0.1) is 4.47 Å². The van der Waals surface area contributed by atoms with Crippen LogP contribution in [0.3, 0.4) is 0 Å². The summed E-state index contributed by atoms with van der Waals surface area (Å²) in [4.78, 5) is 29.9. The van der Waals surface area contributed by atoms with Gasteiger partial charge in [-0.25, -0.2) is 19.9 Å². The lowest BCUT2D eigenvalue weighted by molar-refractivity contribution is -0.122. The largest absolute Gasteiger partial charge is 0.317 e. The van der Waals surface area contributed by atoms with Gasteiger partial charge < -0.3 is 5.32 Å². The van der Waals surface area contributed by atoms with Crippen LogP contribution in [0, 0.1) is 5.92 Å². The Balaban J connectivity index is 1.89. The molecule has 3 rings (SSSR count). The molecule has 0 aromatic carbocycles. The Labute approximate surface area is 154 Å². The highest BCUT2D eigenvalue weighted by Crippen LogP contribution is 2.23. The topological polar surface area (TPSA) is 95.9 Å². The van der Waals surface area contributed by atoms with Gasteiger partial charge in [0.15, 0.2) is 5.82 Å². The van der Waals surface area contributed by atoms with Gasteiger partial charge >= 0.3 is 0 Å². The number of hydrogen-bond acceptors (Lipinski definition) is 7. The third-order valence-corrected chi connectivity index (χ3v) is 4.67. The van der Waals surface area contributed by atoms with Gasteiger partial charge in [-0.3, -0.25) is 10.2 Å². The van der Waals surface area contributed by atoms with Crippen LogP contribution in [-0.2, 0) is 11.2 Å². The number of aromatic nitrogens is 4. The molecule has 9 heteroatoms. The molecule has 1 fully saturated rings. The minimum absolute atomic E-state index is 0.0590. The molecule has 0 atom stereocenters. The number of rotatable bonds is 5. The van der Waals surface area contributed by atoms with Crippen molar-refractivity contribution in [2.45, 2.75) is 26.2 Å². The summed E-state index contributed by atoms with van der Waals surface area (Å²) >= 11 is 3.39. The van der Waals surface area contributed by atoms with Crippen LogP contribution in [0.2, 0.25) is 0 Å². The van der Waals surface area contributed by atoms with Crippen LogP contribution in [0.4, 0.5) is 11.8 Å². The van der Waals surface area contributed by atoms with Crippen molar-refractivity contribution in [3.05, 3.63) is 35.0 Å². The van der Waals surface area contributed by atoms with Crippen LogP contribution in [-0.4, -0.2) is 38.9 Å². The molecule has 0 bridgehead atoms. The number of carbonyl (C=O) groups is 1. The van der Waals surface area contributed by atoms with E-state index in [1.807, 2.05) is 6.92 Å². The number of amides is 1. The number of hydrogen-bond donors (Lipinski definition) is 2. The molecule has 0 spiro atoms. The molecular formula is C16H20BrN7O. The fourth-order valence-corrected chi connectivity index (χ4v) is 2.91. The first-order valence-corrected chi connectivity index (χ1v) is 9.06. The number of halogens is 1. The van der Waals surface area contributed by atoms with E-state index in [9.17, 15) is 4.79 Å². The number of carbonyl (C=O) groups excluding carboxylic acids is 1. The van der Waals surface area contributed by atoms with E-state index in [1.165, 1.54) is 11.3 Å². The molecule has 2 aromatic heterocycles. The van der Waals surface area contributed by atoms with Crippen molar-refractivity contribution in [3.8, 4) is 0 Å². The average Bonchev–Trinajstić information content (AvgIpc) is 2.68. The lowest BCUT2D eigenvalue weighted by Gasteiger charge is -2.28. The second kappa shape index (κ2) is 8.30. The second-order valence-electron chi connectivity index (χ2n) is 5.77. The minimum Gasteiger partial charge on any atom is -0.317 e. The standard InChI is InChI=1S/C16H20BrN7O/c1-2-11-7-20-16(21-8-11)24(15(25)12-3-5-18-6-4-12)23-14-13(17)9-19-10-22-14/h7-10,12,18H,2-6H2,1H3,(H,19,22,23). The van der Waals surface area contributed by atoms with Crippen LogP contribution in [0.15, 0.2) is 29.4 Å². The van der Waals surface area contributed by atoms with Crippen molar-refractivity contribution < 1.29 is 4.79 Å². The quantitative estimate of drug-likeness (QED) is 0.733. The van der Waals surface area contributed by atoms with E-state index >= 15 is 0 Å². The molecule has 0 radical (unpaired) electrons. The smallest absolute Gasteiger partial charge is 0.251 e. The summed E-state index contributed by atoms with van der Waals surface area (Å²) < 4.78 is 0.656. The first-order chi connectivity index (χ1) is 12.2. The lowest BCUT2D eigenvalue weighted by Crippen LogP contribution is -2.45. The maximum atomic E-state index is 13.1. The fourth-order valence-electron chi connectivity index (χ4n) is 2.60. The molecule has 25 heavy (non-hydrogen) atoms. The normalized spacial score (nSPS) is 15.0. The maximum absolute atomic E-state index is 13.1. The first kappa shape index (κ1) is 17.7. The molecule has 0 aliphatic carbocycles. The van der Waals surface area contributed by atoms with Crippen LogP contribution in [0.5, 0.6) is 0 Å². The maximum Gasteiger partial charge on any atom is 0.251 e. The molecule has 1 amide bonds. The highest BCUT2D eigenvalue weighted by Gasteiger charge is 2.29. The number of piperidine rings is 1. The Kier molecular flexibility index (Phi) is 5.87. The van der Waals surface area contributed by atoms with Gasteiger partial charge in [0.1, 0.15) is 6.33 Å². The van der Waals surface area contributed by atoms with E-state index < -0.39 is 0 Å². The van der Waals surface area contributed by atoms with Gasteiger partial charge in [-0.1, -0.05) is 6.92 Å². The molecular weight excluding hydrogens is 386 g/mol. The van der Waals surface area contributed by atoms with E-state index in [2.05, 4.69) is 46.6 Å². The van der Waals surface area contributed by atoms with Gasteiger partial charge in [-0.05, 0) is 53.8 Å². The van der Waals surface area contributed by atoms with Gasteiger partial charge in [0.25, 0.3) is 11.9 Å². The summed E-state index contributed by atoms with van der Waals surface area (Å²) in [5.74, 6) is 0.659. The Morgan fingerprint density at radius 1 is 1.28 bits per heavy atom. The Morgan fingerprint density at radius 3 is 2.64 bits per heavy atom. The summed E-state index contributed by atoms with van der Waals surface area (Å²) in [7, 11) is 0. The summed E-state index contributed by atoms with van der Waals surface area (Å²) in [5, 5.41) is 4.66. The zero-order chi connectivity index (χ0) is 17.6. The predicted molar refractivity (Wildman–Crippen MR) is 97.8 cm³/mol. The Morgan fingerprint density at radius 2 is 2.00 bits per heavy atom. The van der Waals surface area contributed by atoms with Crippen molar-refractivity contribution >= 4 is 33.6 Å². The molecule has 8 nitrogen and oxygen atoms in total. The molecule has 3 heterocycles. The monoisotopic (exact) mass is 405 g/mol. The summed E-state index contributed by atoms with van der Waals surface area (Å²) in [6.45, 7) is 3.70. The van der Waals surface area contributed by atoms with E-state index in [1.54, 1.807) is 18.6 Å². The summed E-state index contributed by atoms with van der Waals surface area (Å²) in [6, 6.07) is 0. The average molecular weight is 406 g/mol. The third-order valence-electron chi connectivity index (χ3n) is 4.09. The number of nitrogens with zero attached hydrogens (tertiary/aromatic N) is 5. The molecule has 1 saturated heterocycles. The van der Waals surface area contributed by atoms with Crippen molar-refractivity contribution in [1.29, 1.82) is 0 Å². The lowest BCUT2D eigenvalue weighted by atomic mass is 9.97. The van der Waals surface area contributed by atoms with Crippen LogP contribution >= 0.6 is 15.9 Å². The summed E-state index contributed by atoms with van der Waals surface area (Å²) in [5.41, 5.74) is 4.05. The molecule has 0 unspecified atom stereocenters. The highest BCUT2D eigenvalue weighted by atomic mass is 79.9. The van der Waals surface area contributed by atoms with Crippen LogP contribution < -0.4 is 15.8 Å². The third kappa shape index (κ3) is 4.29. The molecule has 0 saturated carbocycles. The Bertz CT molecular complexity index is 719. The van der Waals surface area contributed by atoms with Crippen LogP contribution in [0.1, 0.15) is 25.3 Å². The van der Waals surface area contributed by atoms with Crippen LogP contribution in [0.25, 0.3) is 0 Å². The zero-order valence-electron chi connectivity index (χ0n) is 13.9. The molecule has 2 aromatic rings. The van der Waals surface area contributed by atoms with Crippen molar-refractivity contribution in [3.63, 3.8) is 0 Å². The number of hydrazine groups is 1. The van der Waals surface area contributed by atoms with Gasteiger partial charge in [-0.15, -0.1) is 0 Å². The van der Waals surface area contributed by atoms with E-state index in [-0.39, 0.29) is 11.8 Å². The van der Waals surface area contributed by atoms with E-state index in [0.717, 1.165) is 37.9 Å². The van der Waals surface area contributed by atoms with Gasteiger partial charge in [0, 0.05) is 24.5 Å². The number of anilines is 2. The molecule has 132 valence electrons.